The van der Waals surface area contributed by atoms with Gasteiger partial charge < -0.3 is 25.7 Å². The number of fused-ring (bicyclic) bond motifs is 1. The summed E-state index contributed by atoms with van der Waals surface area (Å²) in [5.74, 6) is -3.97. The van der Waals surface area contributed by atoms with Gasteiger partial charge in [0.2, 0.25) is 11.5 Å². The monoisotopic (exact) mass is 550 g/mol. The summed E-state index contributed by atoms with van der Waals surface area (Å²) in [7, 11) is 0. The van der Waals surface area contributed by atoms with Crippen LogP contribution in [-0.2, 0) is 33.5 Å². The number of thioether (sulfide) groups is 1. The number of ether oxygens (including phenoxy) is 1. The van der Waals surface area contributed by atoms with Gasteiger partial charge in [0.15, 0.2) is 5.13 Å². The van der Waals surface area contributed by atoms with Gasteiger partial charge in [-0.1, -0.05) is 11.2 Å². The van der Waals surface area contributed by atoms with E-state index in [0.717, 1.165) is 22.9 Å². The number of nitrogens with zero attached hydrogens (tertiary/aromatic N) is 4. The molecule has 0 spiro atoms. The highest BCUT2D eigenvalue weighted by molar-refractivity contribution is 8.00. The van der Waals surface area contributed by atoms with Gasteiger partial charge in [-0.25, -0.2) is 4.79 Å². The number of β-lactam (4-membered cyclic amide) rings is 1. The summed E-state index contributed by atoms with van der Waals surface area (Å²) in [6.07, 6.45) is 4.48. The van der Waals surface area contributed by atoms with Crippen molar-refractivity contribution >= 4 is 63.7 Å². The van der Waals surface area contributed by atoms with Gasteiger partial charge in [-0.15, -0.1) is 11.8 Å². The number of nitrogens with two attached hydrogens (primary N) is 1. The number of allylic oxidation sites excluding steroid dienone is 1. The van der Waals surface area contributed by atoms with Crippen LogP contribution < -0.4 is 11.1 Å². The maximum atomic E-state index is 13.1. The average molecular weight is 551 g/mol. The van der Waals surface area contributed by atoms with Gasteiger partial charge in [-0.05, 0) is 25.8 Å². The van der Waals surface area contributed by atoms with Gasteiger partial charge in [-0.3, -0.25) is 24.1 Å². The van der Waals surface area contributed by atoms with E-state index < -0.39 is 47.4 Å². The Bertz CT molecular complexity index is 1240. The van der Waals surface area contributed by atoms with Crippen molar-refractivity contribution in [1.29, 1.82) is 0 Å². The van der Waals surface area contributed by atoms with Crippen molar-refractivity contribution in [2.24, 2.45) is 5.16 Å². The topological polar surface area (TPSA) is 203 Å². The third kappa shape index (κ3) is 5.80. The average Bonchev–Trinajstić information content (AvgIpc) is 3.52. The highest BCUT2D eigenvalue weighted by Gasteiger charge is 2.54. The van der Waals surface area contributed by atoms with Crippen molar-refractivity contribution in [3.8, 4) is 0 Å². The molecular formula is C21H22N6O8S2. The maximum absolute atomic E-state index is 13.1. The lowest BCUT2D eigenvalue weighted by atomic mass is 10.0. The second-order valence-corrected chi connectivity index (χ2v) is 10.1. The van der Waals surface area contributed by atoms with E-state index in [9.17, 15) is 29.1 Å². The molecule has 3 atom stereocenters. The number of ketones is 1. The minimum absolute atomic E-state index is 0.0670. The number of amides is 2. The van der Waals surface area contributed by atoms with Crippen LogP contribution in [-0.4, -0.2) is 84.5 Å². The summed E-state index contributed by atoms with van der Waals surface area (Å²) >= 11 is 2.05. The number of esters is 1. The van der Waals surface area contributed by atoms with E-state index >= 15 is 0 Å². The molecule has 1 saturated heterocycles. The summed E-state index contributed by atoms with van der Waals surface area (Å²) in [6.45, 7) is 0.847. The van der Waals surface area contributed by atoms with Crippen LogP contribution in [0.1, 0.15) is 32.0 Å². The molecule has 0 aromatic carbocycles. The van der Waals surface area contributed by atoms with Crippen LogP contribution in [0, 0.1) is 0 Å². The Balaban J connectivity index is 1.47. The van der Waals surface area contributed by atoms with E-state index in [1.165, 1.54) is 18.7 Å². The van der Waals surface area contributed by atoms with Crippen LogP contribution in [0.4, 0.5) is 5.13 Å². The number of hydrogen-bond acceptors (Lipinski definition) is 13. The van der Waals surface area contributed by atoms with E-state index in [0.29, 0.717) is 6.42 Å². The first kappa shape index (κ1) is 26.3. The standard InChI is InChI=1S/C21H22N6O8S2/c1-9(28)6-12(29)34-7-10-8-36-19-14(18(31)27(19)15(10)20(32)33)23-17(30)13(16-24-21(22)37-26-16)25-35-11-4-2-3-5-11/h2,4,11,14,19H,3,5-8H2,1H3,(H,23,30)(H,32,33)(H2,22,24,26)/t11?,14?,19-/m0/s1. The lowest BCUT2D eigenvalue weighted by molar-refractivity contribution is -0.150. The number of nitrogens with one attached hydrogen (secondary N) is 1. The zero-order valence-corrected chi connectivity index (χ0v) is 21.0. The number of aromatic nitrogens is 2. The van der Waals surface area contributed by atoms with Crippen molar-refractivity contribution in [3.63, 3.8) is 0 Å². The molecule has 2 aliphatic heterocycles. The van der Waals surface area contributed by atoms with Crippen molar-refractivity contribution in [2.45, 2.75) is 43.7 Å². The molecule has 0 saturated carbocycles. The zero-order valence-electron chi connectivity index (χ0n) is 19.4. The quantitative estimate of drug-likeness (QED) is 0.0867. The Morgan fingerprint density at radius 2 is 2.14 bits per heavy atom. The molecular weight excluding hydrogens is 528 g/mol. The first-order chi connectivity index (χ1) is 17.7. The number of Topliss-reactive ketones (excluding diaryl/α,β-unsaturated/α-hetero) is 1. The number of hydrogen-bond donors (Lipinski definition) is 3. The molecule has 1 aliphatic carbocycles. The summed E-state index contributed by atoms with van der Waals surface area (Å²) in [4.78, 5) is 71.1. The first-order valence-electron chi connectivity index (χ1n) is 11.0. The molecule has 0 bridgehead atoms. The van der Waals surface area contributed by atoms with Gasteiger partial charge in [0, 0.05) is 22.9 Å². The smallest absolute Gasteiger partial charge is 0.352 e. The molecule has 2 unspecified atom stereocenters. The van der Waals surface area contributed by atoms with Crippen LogP contribution in [0.25, 0.3) is 0 Å². The fourth-order valence-corrected chi connectivity index (χ4v) is 5.52. The highest BCUT2D eigenvalue weighted by atomic mass is 32.2. The minimum Gasteiger partial charge on any atom is -0.477 e. The molecule has 1 aromatic heterocycles. The lowest BCUT2D eigenvalue weighted by Crippen LogP contribution is -2.71. The third-order valence-corrected chi connectivity index (χ3v) is 7.34. The number of anilines is 1. The number of carbonyl (C=O) groups excluding carboxylic acids is 4. The molecule has 2 amide bonds. The Morgan fingerprint density at radius 3 is 2.76 bits per heavy atom. The minimum atomic E-state index is -1.39. The predicted molar refractivity (Wildman–Crippen MR) is 130 cm³/mol. The van der Waals surface area contributed by atoms with Gasteiger partial charge in [-0.2, -0.15) is 9.36 Å². The van der Waals surface area contributed by atoms with Crippen LogP contribution in [0.3, 0.4) is 0 Å². The van der Waals surface area contributed by atoms with E-state index in [2.05, 4.69) is 19.8 Å². The molecule has 1 fully saturated rings. The molecule has 4 rings (SSSR count). The molecule has 14 nitrogen and oxygen atoms in total. The number of carboxylic acid groups (broad SMARTS) is 1. The number of rotatable bonds is 10. The SMILES string of the molecule is CC(=O)CC(=O)OCC1=C(C(=O)O)N2C(=O)C(NC(=O)C(=NOC3C=CCC3)c3nsc(N)n3)[C@@H]2SC1. The summed E-state index contributed by atoms with van der Waals surface area (Å²) in [5.41, 5.74) is 5.24. The maximum Gasteiger partial charge on any atom is 0.352 e. The Hall–Kier alpha value is -3.79. The Morgan fingerprint density at radius 1 is 1.35 bits per heavy atom. The van der Waals surface area contributed by atoms with Crippen molar-refractivity contribution in [1.82, 2.24) is 19.6 Å². The Labute approximate surface area is 218 Å². The fraction of sp³-hybridized carbons (Fsp3) is 0.429. The number of nitrogen functional groups attached to an aromatic ring is 1. The Kier molecular flexibility index (Phi) is 7.87. The van der Waals surface area contributed by atoms with Crippen LogP contribution in [0.2, 0.25) is 0 Å². The second kappa shape index (κ2) is 11.1. The van der Waals surface area contributed by atoms with Gasteiger partial charge in [0.1, 0.15) is 42.0 Å². The van der Waals surface area contributed by atoms with Crippen molar-refractivity contribution in [3.05, 3.63) is 29.2 Å². The van der Waals surface area contributed by atoms with Gasteiger partial charge >= 0.3 is 11.9 Å². The third-order valence-electron chi connectivity index (χ3n) is 5.45. The molecule has 3 heterocycles. The number of carboxylic acids is 1. The first-order valence-corrected chi connectivity index (χ1v) is 12.8. The molecule has 1 aromatic rings. The number of carbonyl (C=O) groups is 5. The van der Waals surface area contributed by atoms with Crippen LogP contribution >= 0.6 is 23.3 Å². The lowest BCUT2D eigenvalue weighted by Gasteiger charge is -2.49. The molecule has 0 radical (unpaired) electrons. The van der Waals surface area contributed by atoms with Crippen molar-refractivity contribution < 1.29 is 38.7 Å². The van der Waals surface area contributed by atoms with E-state index in [-0.39, 0.29) is 46.4 Å². The molecule has 196 valence electrons. The van der Waals surface area contributed by atoms with Gasteiger partial charge in [0.05, 0.1) is 0 Å². The van der Waals surface area contributed by atoms with E-state index in [1.807, 2.05) is 12.2 Å². The molecule has 3 aliphatic rings. The molecule has 4 N–H and O–H groups in total. The van der Waals surface area contributed by atoms with E-state index in [1.54, 1.807) is 0 Å². The predicted octanol–water partition coefficient (Wildman–Crippen LogP) is -0.179. The molecule has 37 heavy (non-hydrogen) atoms. The highest BCUT2D eigenvalue weighted by Crippen LogP contribution is 2.40. The normalized spacial score (nSPS) is 22.8. The summed E-state index contributed by atoms with van der Waals surface area (Å²) in [5, 5.41) is 15.6. The van der Waals surface area contributed by atoms with Crippen LogP contribution in [0.5, 0.6) is 0 Å². The van der Waals surface area contributed by atoms with E-state index in [4.69, 9.17) is 15.3 Å². The second-order valence-electron chi connectivity index (χ2n) is 8.20. The summed E-state index contributed by atoms with van der Waals surface area (Å²) in [6, 6.07) is -1.05. The molecule has 16 heteroatoms. The van der Waals surface area contributed by atoms with Gasteiger partial charge in [0.25, 0.3) is 11.8 Å². The fourth-order valence-electron chi connectivity index (χ4n) is 3.75. The summed E-state index contributed by atoms with van der Waals surface area (Å²) < 4.78 is 9.00. The zero-order chi connectivity index (χ0) is 26.7. The number of oxime groups is 1. The van der Waals surface area contributed by atoms with Crippen LogP contribution in [0.15, 0.2) is 28.6 Å². The largest absolute Gasteiger partial charge is 0.477 e. The van der Waals surface area contributed by atoms with Crippen molar-refractivity contribution in [2.75, 3.05) is 18.1 Å². The number of aliphatic carboxylic acids is 1.